The molecule has 0 unspecified atom stereocenters. The van der Waals surface area contributed by atoms with E-state index in [9.17, 15) is 9.59 Å². The van der Waals surface area contributed by atoms with E-state index in [2.05, 4.69) is 5.32 Å². The van der Waals surface area contributed by atoms with E-state index in [1.807, 2.05) is 74.2 Å². The van der Waals surface area contributed by atoms with Gasteiger partial charge in [0.2, 0.25) is 5.91 Å². The molecule has 36 heavy (non-hydrogen) atoms. The van der Waals surface area contributed by atoms with Crippen LogP contribution in [0.2, 0.25) is 5.02 Å². The van der Waals surface area contributed by atoms with E-state index in [-0.39, 0.29) is 11.8 Å². The van der Waals surface area contributed by atoms with Gasteiger partial charge in [-0.2, -0.15) is 0 Å². The Morgan fingerprint density at radius 2 is 1.75 bits per heavy atom. The minimum absolute atomic E-state index is 0.0643. The number of aryl methyl sites for hydroxylation is 1. The zero-order valence-electron chi connectivity index (χ0n) is 20.6. The summed E-state index contributed by atoms with van der Waals surface area (Å²) in [6.07, 6.45) is 0.671. The van der Waals surface area contributed by atoms with Gasteiger partial charge in [0.05, 0.1) is 35.9 Å². The number of benzene rings is 3. The Kier molecular flexibility index (Phi) is 6.63. The van der Waals surface area contributed by atoms with Crippen LogP contribution in [0.15, 0.2) is 54.6 Å². The Hall–Kier alpha value is -3.51. The van der Waals surface area contributed by atoms with Crippen LogP contribution in [-0.2, 0) is 11.2 Å². The van der Waals surface area contributed by atoms with Crippen molar-refractivity contribution in [3.05, 3.63) is 87.4 Å². The zero-order chi connectivity index (χ0) is 25.4. The number of ether oxygens (including phenoxy) is 2. The average molecular weight is 505 g/mol. The first-order valence-electron chi connectivity index (χ1n) is 12.3. The molecule has 0 fully saturated rings. The standard InChI is InChI=1S/C29H29ClN2O4/c1-4-35-24-15-18-12-13-32-27(21(18)16-25(24)36-5-2)26(19-8-6-7-9-20(19)29(32)34)28(33)31-23-11-10-17(3)14-22(23)30/h6-11,14-16,26-27H,4-5,12-13H2,1-3H3,(H,31,33)/t26-,27-/m0/s1. The molecule has 2 atom stereocenters. The summed E-state index contributed by atoms with van der Waals surface area (Å²) in [7, 11) is 0. The number of carbonyl (C=O) groups is 2. The highest BCUT2D eigenvalue weighted by atomic mass is 35.5. The SMILES string of the molecule is CCOc1cc2c(cc1OCC)[C@H]1[C@@H](C(=O)Nc3ccc(C)cc3Cl)c3ccccc3C(=O)N1CC2. The first kappa shape index (κ1) is 24.2. The lowest BCUT2D eigenvalue weighted by Crippen LogP contribution is -2.49. The van der Waals surface area contributed by atoms with Crippen LogP contribution < -0.4 is 14.8 Å². The maximum absolute atomic E-state index is 14.0. The molecule has 0 saturated carbocycles. The number of hydrogen-bond donors (Lipinski definition) is 1. The number of fused-ring (bicyclic) bond motifs is 4. The molecule has 0 aliphatic carbocycles. The fourth-order valence-electron chi connectivity index (χ4n) is 5.29. The fraction of sp³-hybridized carbons (Fsp3) is 0.310. The molecule has 0 bridgehead atoms. The smallest absolute Gasteiger partial charge is 0.254 e. The summed E-state index contributed by atoms with van der Waals surface area (Å²) in [6, 6.07) is 16.4. The maximum Gasteiger partial charge on any atom is 0.254 e. The summed E-state index contributed by atoms with van der Waals surface area (Å²) in [4.78, 5) is 29.4. The minimum atomic E-state index is -0.622. The van der Waals surface area contributed by atoms with Gasteiger partial charge in [0.1, 0.15) is 0 Å². The molecule has 0 spiro atoms. The Morgan fingerprint density at radius 3 is 2.47 bits per heavy atom. The van der Waals surface area contributed by atoms with Crippen LogP contribution in [0.1, 0.15) is 58.4 Å². The second-order valence-corrected chi connectivity index (χ2v) is 9.50. The van der Waals surface area contributed by atoms with E-state index < -0.39 is 12.0 Å². The Labute approximate surface area is 216 Å². The van der Waals surface area contributed by atoms with Crippen LogP contribution in [0.3, 0.4) is 0 Å². The zero-order valence-corrected chi connectivity index (χ0v) is 21.4. The molecule has 3 aromatic rings. The molecule has 5 rings (SSSR count). The lowest BCUT2D eigenvalue weighted by atomic mass is 9.75. The Morgan fingerprint density at radius 1 is 1.03 bits per heavy atom. The highest BCUT2D eigenvalue weighted by Gasteiger charge is 2.46. The molecule has 7 heteroatoms. The highest BCUT2D eigenvalue weighted by molar-refractivity contribution is 6.33. The quantitative estimate of drug-likeness (QED) is 0.452. The van der Waals surface area contributed by atoms with Crippen molar-refractivity contribution < 1.29 is 19.1 Å². The summed E-state index contributed by atoms with van der Waals surface area (Å²) in [5.74, 6) is 0.400. The number of nitrogens with zero attached hydrogens (tertiary/aromatic N) is 1. The predicted molar refractivity (Wildman–Crippen MR) is 140 cm³/mol. The van der Waals surface area contributed by atoms with Crippen molar-refractivity contribution in [1.82, 2.24) is 4.90 Å². The third kappa shape index (κ3) is 4.20. The van der Waals surface area contributed by atoms with E-state index in [4.69, 9.17) is 21.1 Å². The minimum Gasteiger partial charge on any atom is -0.490 e. The monoisotopic (exact) mass is 504 g/mol. The molecule has 2 aliphatic heterocycles. The molecule has 0 saturated heterocycles. The summed E-state index contributed by atoms with van der Waals surface area (Å²) in [6.45, 7) is 7.31. The molecule has 3 aromatic carbocycles. The fourth-order valence-corrected chi connectivity index (χ4v) is 5.57. The first-order valence-corrected chi connectivity index (χ1v) is 12.7. The summed E-state index contributed by atoms with van der Waals surface area (Å²) < 4.78 is 11.7. The third-order valence-electron chi connectivity index (χ3n) is 6.85. The van der Waals surface area contributed by atoms with Gasteiger partial charge in [-0.05, 0) is 79.8 Å². The van der Waals surface area contributed by atoms with Gasteiger partial charge >= 0.3 is 0 Å². The molecule has 0 aromatic heterocycles. The molecule has 186 valence electrons. The first-order chi connectivity index (χ1) is 17.4. The molecular weight excluding hydrogens is 476 g/mol. The Bertz CT molecular complexity index is 1340. The largest absolute Gasteiger partial charge is 0.490 e. The van der Waals surface area contributed by atoms with Gasteiger partial charge in [0.25, 0.3) is 5.91 Å². The van der Waals surface area contributed by atoms with Crippen LogP contribution in [0.4, 0.5) is 5.69 Å². The third-order valence-corrected chi connectivity index (χ3v) is 7.16. The van der Waals surface area contributed by atoms with E-state index >= 15 is 0 Å². The molecule has 6 nitrogen and oxygen atoms in total. The van der Waals surface area contributed by atoms with E-state index in [0.29, 0.717) is 59.5 Å². The van der Waals surface area contributed by atoms with Gasteiger partial charge in [-0.1, -0.05) is 35.9 Å². The number of rotatable bonds is 6. The van der Waals surface area contributed by atoms with Crippen LogP contribution in [0.25, 0.3) is 0 Å². The predicted octanol–water partition coefficient (Wildman–Crippen LogP) is 5.92. The van der Waals surface area contributed by atoms with E-state index in [1.165, 1.54) is 0 Å². The number of hydrogen-bond acceptors (Lipinski definition) is 4. The van der Waals surface area contributed by atoms with Gasteiger partial charge in [-0.25, -0.2) is 0 Å². The Balaban J connectivity index is 1.64. The van der Waals surface area contributed by atoms with Gasteiger partial charge in [-0.15, -0.1) is 0 Å². The van der Waals surface area contributed by atoms with Crippen LogP contribution >= 0.6 is 11.6 Å². The van der Waals surface area contributed by atoms with Crippen molar-refractivity contribution in [3.63, 3.8) is 0 Å². The lowest BCUT2D eigenvalue weighted by Gasteiger charge is -2.45. The number of halogens is 1. The van der Waals surface area contributed by atoms with Crippen LogP contribution in [0.5, 0.6) is 11.5 Å². The number of nitrogens with one attached hydrogen (secondary N) is 1. The van der Waals surface area contributed by atoms with Crippen molar-refractivity contribution in [3.8, 4) is 11.5 Å². The average Bonchev–Trinajstić information content (AvgIpc) is 2.86. The van der Waals surface area contributed by atoms with E-state index in [0.717, 1.165) is 16.7 Å². The maximum atomic E-state index is 14.0. The van der Waals surface area contributed by atoms with Gasteiger partial charge < -0.3 is 19.7 Å². The topological polar surface area (TPSA) is 67.9 Å². The molecule has 1 N–H and O–H groups in total. The van der Waals surface area contributed by atoms with Crippen molar-refractivity contribution >= 4 is 29.1 Å². The van der Waals surface area contributed by atoms with Gasteiger partial charge in [0, 0.05) is 12.1 Å². The molecule has 2 aliphatic rings. The molecule has 0 radical (unpaired) electrons. The number of anilines is 1. The molecular formula is C29H29ClN2O4. The summed E-state index contributed by atoms with van der Waals surface area (Å²) in [5.41, 5.74) is 4.79. The van der Waals surface area contributed by atoms with Gasteiger partial charge in [-0.3, -0.25) is 9.59 Å². The normalized spacial score (nSPS) is 18.1. The van der Waals surface area contributed by atoms with E-state index in [1.54, 1.807) is 6.07 Å². The van der Waals surface area contributed by atoms with Crippen molar-refractivity contribution in [1.29, 1.82) is 0 Å². The molecule has 2 amide bonds. The number of carbonyl (C=O) groups excluding carboxylic acids is 2. The van der Waals surface area contributed by atoms with Crippen LogP contribution in [-0.4, -0.2) is 36.5 Å². The lowest BCUT2D eigenvalue weighted by molar-refractivity contribution is -0.119. The van der Waals surface area contributed by atoms with Gasteiger partial charge in [0.15, 0.2) is 11.5 Å². The second-order valence-electron chi connectivity index (χ2n) is 9.09. The van der Waals surface area contributed by atoms with Crippen molar-refractivity contribution in [2.75, 3.05) is 25.1 Å². The highest BCUT2D eigenvalue weighted by Crippen LogP contribution is 2.48. The summed E-state index contributed by atoms with van der Waals surface area (Å²) in [5, 5.41) is 3.51. The van der Waals surface area contributed by atoms with Crippen molar-refractivity contribution in [2.24, 2.45) is 0 Å². The van der Waals surface area contributed by atoms with Crippen molar-refractivity contribution in [2.45, 2.75) is 39.2 Å². The number of amides is 2. The molecule has 2 heterocycles. The second kappa shape index (κ2) is 9.86. The summed E-state index contributed by atoms with van der Waals surface area (Å²) >= 11 is 6.45. The van der Waals surface area contributed by atoms with Crippen LogP contribution in [0, 0.1) is 6.92 Å².